The molecule has 12 heteroatoms. The first-order valence-electron chi connectivity index (χ1n) is 6.03. The fourth-order valence-corrected chi connectivity index (χ4v) is 2.54. The number of nitrogens with two attached hydrogens (primary N) is 1. The van der Waals surface area contributed by atoms with E-state index in [1.54, 1.807) is 21.4 Å². The number of ether oxygens (including phenoxy) is 1. The van der Waals surface area contributed by atoms with Gasteiger partial charge in [-0.15, -0.1) is 11.6 Å². The Morgan fingerprint density at radius 2 is 1.91 bits per heavy atom. The molecule has 10 nitrogen and oxygen atoms in total. The molecule has 0 fully saturated rings. The van der Waals surface area contributed by atoms with E-state index in [9.17, 15) is 18.0 Å². The molecule has 0 heterocycles. The Labute approximate surface area is 136 Å². The monoisotopic (exact) mass is 363 g/mol. The molecule has 6 N–H and O–H groups in total. The maximum Gasteiger partial charge on any atom is 0.335 e. The van der Waals surface area contributed by atoms with E-state index in [4.69, 9.17) is 27.5 Å². The van der Waals surface area contributed by atoms with Crippen molar-refractivity contribution in [2.24, 2.45) is 5.73 Å². The van der Waals surface area contributed by atoms with Crippen LogP contribution in [-0.4, -0.2) is 38.9 Å². The summed E-state index contributed by atoms with van der Waals surface area (Å²) in [4.78, 5) is 21.8. The predicted octanol–water partition coefficient (Wildman–Crippen LogP) is -0.105. The van der Waals surface area contributed by atoms with Crippen molar-refractivity contribution < 1.29 is 22.7 Å². The molecule has 0 aliphatic rings. The second-order valence-electron chi connectivity index (χ2n) is 3.91. The fraction of sp³-hybridized carbons (Fsp3) is 0.182. The number of hydrogen-bond acceptors (Lipinski definition) is 6. The normalized spacial score (nSPS) is 10.5. The molecule has 0 spiro atoms. The van der Waals surface area contributed by atoms with Crippen LogP contribution in [0.2, 0.25) is 0 Å². The zero-order valence-corrected chi connectivity index (χ0v) is 13.2. The lowest BCUT2D eigenvalue weighted by Crippen LogP contribution is -2.49. The van der Waals surface area contributed by atoms with Crippen LogP contribution in [0.3, 0.4) is 0 Å². The summed E-state index contributed by atoms with van der Waals surface area (Å²) in [6.45, 7) is 0.0768. The summed E-state index contributed by atoms with van der Waals surface area (Å²) in [7, 11) is -4.27. The van der Waals surface area contributed by atoms with Crippen molar-refractivity contribution in [3.63, 3.8) is 0 Å². The molecule has 23 heavy (non-hydrogen) atoms. The minimum Gasteiger partial charge on any atom is -0.491 e. The number of benzene rings is 1. The number of rotatable bonds is 5. The van der Waals surface area contributed by atoms with Crippen LogP contribution in [-0.2, 0) is 10.0 Å². The van der Waals surface area contributed by atoms with Gasteiger partial charge in [-0.3, -0.25) is 16.0 Å². The van der Waals surface area contributed by atoms with Crippen LogP contribution in [0.25, 0.3) is 0 Å². The first kappa shape index (κ1) is 18.5. The van der Waals surface area contributed by atoms with Gasteiger partial charge in [0.25, 0.3) is 10.0 Å². The van der Waals surface area contributed by atoms with Gasteiger partial charge in [-0.2, -0.15) is 0 Å². The first-order chi connectivity index (χ1) is 10.8. The Morgan fingerprint density at radius 3 is 2.52 bits per heavy atom. The Morgan fingerprint density at radius 1 is 1.26 bits per heavy atom. The number of carbonyl (C=O) groups excluding carboxylic acids is 2. The number of primary amides is 1. The number of para-hydroxylation sites is 1. The molecule has 0 bridgehead atoms. The van der Waals surface area contributed by atoms with E-state index >= 15 is 0 Å². The summed E-state index contributed by atoms with van der Waals surface area (Å²) in [5.41, 5.74) is 4.75. The van der Waals surface area contributed by atoms with Crippen molar-refractivity contribution in [1.29, 1.82) is 5.41 Å². The number of urea groups is 2. The summed E-state index contributed by atoms with van der Waals surface area (Å²) >= 11 is 5.48. The highest BCUT2D eigenvalue weighted by molar-refractivity contribution is 7.90. The van der Waals surface area contributed by atoms with Crippen LogP contribution >= 0.6 is 11.6 Å². The highest BCUT2D eigenvalue weighted by Gasteiger charge is 2.22. The van der Waals surface area contributed by atoms with Gasteiger partial charge in [-0.1, -0.05) is 12.1 Å². The van der Waals surface area contributed by atoms with Crippen LogP contribution in [0.5, 0.6) is 5.75 Å². The number of carbonyl (C=O) groups is 2. The summed E-state index contributed by atoms with van der Waals surface area (Å²) in [5, 5.41) is 10.7. The Hall–Kier alpha value is -2.53. The van der Waals surface area contributed by atoms with E-state index in [1.807, 2.05) is 0 Å². The first-order valence-corrected chi connectivity index (χ1v) is 8.04. The molecule has 0 aliphatic heterocycles. The number of halogens is 1. The largest absolute Gasteiger partial charge is 0.491 e. The van der Waals surface area contributed by atoms with Crippen molar-refractivity contribution in [2.75, 3.05) is 12.5 Å². The van der Waals surface area contributed by atoms with Gasteiger partial charge in [0.15, 0.2) is 0 Å². The summed E-state index contributed by atoms with van der Waals surface area (Å²) in [6.07, 6.45) is 0. The Balaban J connectivity index is 2.85. The third-order valence-electron chi connectivity index (χ3n) is 2.19. The Bertz CT molecular complexity index is 709. The molecule has 0 aromatic heterocycles. The quantitative estimate of drug-likeness (QED) is 0.279. The van der Waals surface area contributed by atoms with Crippen molar-refractivity contribution in [1.82, 2.24) is 15.4 Å². The van der Waals surface area contributed by atoms with Crippen LogP contribution in [0, 0.1) is 5.41 Å². The number of alkyl halides is 1. The zero-order chi connectivity index (χ0) is 17.5. The predicted molar refractivity (Wildman–Crippen MR) is 82.0 cm³/mol. The average molecular weight is 364 g/mol. The number of amides is 4. The lowest BCUT2D eigenvalue weighted by Gasteiger charge is -2.12. The smallest absolute Gasteiger partial charge is 0.335 e. The third kappa shape index (κ3) is 6.00. The van der Waals surface area contributed by atoms with E-state index in [1.165, 1.54) is 18.2 Å². The SMILES string of the molecule is N=C(NC(N)=O)NC(=O)NS(=O)(=O)c1ccccc1OCCCl. The Kier molecular flexibility index (Phi) is 6.60. The van der Waals surface area contributed by atoms with Crippen molar-refractivity contribution in [3.8, 4) is 5.75 Å². The van der Waals surface area contributed by atoms with Gasteiger partial charge in [-0.25, -0.2) is 22.7 Å². The van der Waals surface area contributed by atoms with Gasteiger partial charge in [0, 0.05) is 0 Å². The molecule has 126 valence electrons. The molecule has 1 rings (SSSR count). The maximum atomic E-state index is 12.2. The maximum absolute atomic E-state index is 12.2. The third-order valence-corrected chi connectivity index (χ3v) is 3.71. The van der Waals surface area contributed by atoms with Gasteiger partial charge in [0.05, 0.1) is 5.88 Å². The van der Waals surface area contributed by atoms with Crippen LogP contribution in [0.15, 0.2) is 29.2 Å². The van der Waals surface area contributed by atoms with Crippen LogP contribution in [0.1, 0.15) is 0 Å². The van der Waals surface area contributed by atoms with Crippen molar-refractivity contribution in [2.45, 2.75) is 4.90 Å². The van der Waals surface area contributed by atoms with Crippen molar-refractivity contribution in [3.05, 3.63) is 24.3 Å². The topological polar surface area (TPSA) is 163 Å². The summed E-state index contributed by atoms with van der Waals surface area (Å²) in [6, 6.07) is 3.28. The fourth-order valence-electron chi connectivity index (χ4n) is 1.41. The van der Waals surface area contributed by atoms with Gasteiger partial charge in [-0.05, 0) is 12.1 Å². The molecular formula is C11H14ClN5O5S. The molecule has 0 saturated heterocycles. The minimum absolute atomic E-state index is 0.0128. The molecular weight excluding hydrogens is 350 g/mol. The summed E-state index contributed by atoms with van der Waals surface area (Å²) < 4.78 is 31.2. The number of hydrogen-bond donors (Lipinski definition) is 5. The zero-order valence-electron chi connectivity index (χ0n) is 11.6. The van der Waals surface area contributed by atoms with Crippen LogP contribution < -0.4 is 25.8 Å². The second-order valence-corrected chi connectivity index (χ2v) is 5.94. The van der Waals surface area contributed by atoms with Gasteiger partial charge in [0.2, 0.25) is 5.96 Å². The van der Waals surface area contributed by atoms with Gasteiger partial charge >= 0.3 is 12.1 Å². The van der Waals surface area contributed by atoms with E-state index in [-0.39, 0.29) is 23.1 Å². The molecule has 0 atom stereocenters. The van der Waals surface area contributed by atoms with E-state index in [2.05, 4.69) is 0 Å². The lowest BCUT2D eigenvalue weighted by molar-refractivity contribution is 0.249. The van der Waals surface area contributed by atoms with Gasteiger partial charge < -0.3 is 10.5 Å². The second kappa shape index (κ2) is 8.19. The summed E-state index contributed by atoms with van der Waals surface area (Å²) in [5.74, 6) is -0.617. The molecule has 0 radical (unpaired) electrons. The molecule has 1 aromatic carbocycles. The lowest BCUT2D eigenvalue weighted by atomic mass is 10.3. The molecule has 1 aromatic rings. The van der Waals surface area contributed by atoms with Gasteiger partial charge in [0.1, 0.15) is 17.3 Å². The molecule has 4 amide bonds. The number of sulfonamides is 1. The average Bonchev–Trinajstić information content (AvgIpc) is 2.43. The minimum atomic E-state index is -4.27. The standard InChI is InChI=1S/C11H14ClN5O5S/c12-5-6-22-7-3-1-2-4-8(7)23(20,21)17-11(19)16-9(13)15-10(14)18/h1-4H,5-6H2,(H6,13,14,15,16,17,18,19). The van der Waals surface area contributed by atoms with E-state index < -0.39 is 28.0 Å². The molecule has 0 saturated carbocycles. The highest BCUT2D eigenvalue weighted by Crippen LogP contribution is 2.23. The highest BCUT2D eigenvalue weighted by atomic mass is 35.5. The van der Waals surface area contributed by atoms with E-state index in [0.29, 0.717) is 0 Å². The molecule has 0 unspecified atom stereocenters. The molecule has 0 aliphatic carbocycles. The number of guanidine groups is 1. The van der Waals surface area contributed by atoms with E-state index in [0.717, 1.165) is 0 Å². The van der Waals surface area contributed by atoms with Crippen LogP contribution in [0.4, 0.5) is 9.59 Å². The number of nitrogens with one attached hydrogen (secondary N) is 4. The van der Waals surface area contributed by atoms with Crippen molar-refractivity contribution >= 4 is 39.6 Å².